The topological polar surface area (TPSA) is 84.7 Å². The third kappa shape index (κ3) is 4.57. The number of benzene rings is 2. The number of hydrogen-bond acceptors (Lipinski definition) is 4. The molecular formula is C18H21N3O3. The maximum Gasteiger partial charge on any atom is 0.320 e. The van der Waals surface area contributed by atoms with E-state index >= 15 is 0 Å². The predicted molar refractivity (Wildman–Crippen MR) is 93.9 cm³/mol. The maximum absolute atomic E-state index is 12.6. The molecule has 6 heteroatoms. The summed E-state index contributed by atoms with van der Waals surface area (Å²) in [5.41, 5.74) is 7.47. The Bertz CT molecular complexity index is 672. The summed E-state index contributed by atoms with van der Waals surface area (Å²) in [5, 5.41) is 2.61. The quantitative estimate of drug-likeness (QED) is 0.483. The first-order valence-corrected chi connectivity index (χ1v) is 7.65. The smallest absolute Gasteiger partial charge is 0.320 e. The standard InChI is InChI=1S/C18H21N3O3/c1-24-13-5-12-20-17(22)18(23)21(15-6-3-2-4-7-15)16-10-8-14(19)9-11-16/h2-4,6-11H,5,12-13,19H2,1H3,(H,20,22). The zero-order valence-electron chi connectivity index (χ0n) is 13.6. The Balaban J connectivity index is 2.21. The Labute approximate surface area is 141 Å². The Kier molecular flexibility index (Phi) is 6.33. The second-order valence-corrected chi connectivity index (χ2v) is 5.17. The fourth-order valence-corrected chi connectivity index (χ4v) is 2.18. The van der Waals surface area contributed by atoms with E-state index in [4.69, 9.17) is 10.5 Å². The van der Waals surface area contributed by atoms with Crippen LogP contribution in [0, 0.1) is 0 Å². The van der Waals surface area contributed by atoms with Crippen molar-refractivity contribution in [1.82, 2.24) is 5.32 Å². The van der Waals surface area contributed by atoms with E-state index in [-0.39, 0.29) is 0 Å². The van der Waals surface area contributed by atoms with Crippen molar-refractivity contribution < 1.29 is 14.3 Å². The molecule has 24 heavy (non-hydrogen) atoms. The molecule has 0 radical (unpaired) electrons. The van der Waals surface area contributed by atoms with Crippen LogP contribution in [-0.2, 0) is 14.3 Å². The van der Waals surface area contributed by atoms with Crippen molar-refractivity contribution in [2.45, 2.75) is 6.42 Å². The number of nitrogens with zero attached hydrogens (tertiary/aromatic N) is 1. The number of amides is 2. The van der Waals surface area contributed by atoms with Gasteiger partial charge in [-0.1, -0.05) is 18.2 Å². The first-order valence-electron chi connectivity index (χ1n) is 7.65. The molecule has 0 aliphatic rings. The van der Waals surface area contributed by atoms with Gasteiger partial charge >= 0.3 is 11.8 Å². The Morgan fingerprint density at radius 3 is 2.29 bits per heavy atom. The Morgan fingerprint density at radius 1 is 1.04 bits per heavy atom. The number of nitrogens with one attached hydrogen (secondary N) is 1. The minimum Gasteiger partial charge on any atom is -0.399 e. The van der Waals surface area contributed by atoms with E-state index in [0.29, 0.717) is 36.6 Å². The van der Waals surface area contributed by atoms with Crippen LogP contribution in [0.2, 0.25) is 0 Å². The fraction of sp³-hybridized carbons (Fsp3) is 0.222. The molecule has 3 N–H and O–H groups in total. The molecule has 0 aliphatic carbocycles. The van der Waals surface area contributed by atoms with Gasteiger partial charge in [0, 0.05) is 37.3 Å². The van der Waals surface area contributed by atoms with Gasteiger partial charge in [0.1, 0.15) is 0 Å². The van der Waals surface area contributed by atoms with E-state index < -0.39 is 11.8 Å². The number of nitrogens with two attached hydrogens (primary N) is 1. The zero-order valence-corrected chi connectivity index (χ0v) is 13.6. The molecule has 0 fully saturated rings. The number of carbonyl (C=O) groups is 2. The van der Waals surface area contributed by atoms with Gasteiger partial charge in [0.25, 0.3) is 0 Å². The summed E-state index contributed by atoms with van der Waals surface area (Å²) in [5.74, 6) is -1.31. The van der Waals surface area contributed by atoms with Gasteiger partial charge in [-0.3, -0.25) is 14.5 Å². The highest BCUT2D eigenvalue weighted by Gasteiger charge is 2.24. The molecule has 0 heterocycles. The molecule has 6 nitrogen and oxygen atoms in total. The molecule has 0 saturated heterocycles. The highest BCUT2D eigenvalue weighted by molar-refractivity contribution is 6.42. The van der Waals surface area contributed by atoms with E-state index in [2.05, 4.69) is 5.32 Å². The van der Waals surface area contributed by atoms with Gasteiger partial charge in [-0.05, 0) is 42.8 Å². The molecule has 0 aliphatic heterocycles. The first-order chi connectivity index (χ1) is 11.6. The fourth-order valence-electron chi connectivity index (χ4n) is 2.18. The minimum absolute atomic E-state index is 0.378. The van der Waals surface area contributed by atoms with Crippen molar-refractivity contribution in [3.8, 4) is 0 Å². The lowest BCUT2D eigenvalue weighted by atomic mass is 10.2. The summed E-state index contributed by atoms with van der Waals surface area (Å²) >= 11 is 0. The number of para-hydroxylation sites is 1. The van der Waals surface area contributed by atoms with Crippen LogP contribution in [0.4, 0.5) is 17.1 Å². The predicted octanol–water partition coefficient (Wildman–Crippen LogP) is 2.09. The first kappa shape index (κ1) is 17.5. The summed E-state index contributed by atoms with van der Waals surface area (Å²) in [7, 11) is 1.59. The van der Waals surface area contributed by atoms with E-state index in [1.807, 2.05) is 18.2 Å². The van der Waals surface area contributed by atoms with Gasteiger partial charge in [0.2, 0.25) is 0 Å². The summed E-state index contributed by atoms with van der Waals surface area (Å²) in [4.78, 5) is 26.2. The summed E-state index contributed by atoms with van der Waals surface area (Å²) < 4.78 is 4.92. The third-order valence-corrected chi connectivity index (χ3v) is 3.37. The molecule has 2 aromatic carbocycles. The van der Waals surface area contributed by atoms with Crippen LogP contribution < -0.4 is 16.0 Å². The van der Waals surface area contributed by atoms with Crippen LogP contribution in [-0.4, -0.2) is 32.1 Å². The van der Waals surface area contributed by atoms with Crippen LogP contribution in [0.15, 0.2) is 54.6 Å². The molecule has 0 aromatic heterocycles. The van der Waals surface area contributed by atoms with E-state index in [1.165, 1.54) is 4.90 Å². The lowest BCUT2D eigenvalue weighted by molar-refractivity contribution is -0.137. The molecule has 0 spiro atoms. The average molecular weight is 327 g/mol. The van der Waals surface area contributed by atoms with Crippen LogP contribution in [0.5, 0.6) is 0 Å². The molecule has 126 valence electrons. The molecule has 0 unspecified atom stereocenters. The van der Waals surface area contributed by atoms with E-state index in [1.54, 1.807) is 43.5 Å². The molecule has 2 amide bonds. The van der Waals surface area contributed by atoms with Crippen LogP contribution in [0.1, 0.15) is 6.42 Å². The second-order valence-electron chi connectivity index (χ2n) is 5.17. The van der Waals surface area contributed by atoms with Crippen LogP contribution >= 0.6 is 0 Å². The monoisotopic (exact) mass is 327 g/mol. The normalized spacial score (nSPS) is 10.2. The SMILES string of the molecule is COCCCNC(=O)C(=O)N(c1ccccc1)c1ccc(N)cc1. The van der Waals surface area contributed by atoms with Crippen molar-refractivity contribution in [2.75, 3.05) is 30.9 Å². The van der Waals surface area contributed by atoms with Crippen molar-refractivity contribution >= 4 is 28.9 Å². The van der Waals surface area contributed by atoms with Gasteiger partial charge in [0.15, 0.2) is 0 Å². The highest BCUT2D eigenvalue weighted by Crippen LogP contribution is 2.26. The number of rotatable bonds is 6. The van der Waals surface area contributed by atoms with Crippen LogP contribution in [0.3, 0.4) is 0 Å². The largest absolute Gasteiger partial charge is 0.399 e. The number of hydrogen-bond donors (Lipinski definition) is 2. The maximum atomic E-state index is 12.6. The molecule has 0 bridgehead atoms. The van der Waals surface area contributed by atoms with Crippen LogP contribution in [0.25, 0.3) is 0 Å². The highest BCUT2D eigenvalue weighted by atomic mass is 16.5. The van der Waals surface area contributed by atoms with Gasteiger partial charge in [-0.15, -0.1) is 0 Å². The zero-order chi connectivity index (χ0) is 17.4. The number of methoxy groups -OCH3 is 1. The minimum atomic E-state index is -0.660. The molecule has 2 rings (SSSR count). The second kappa shape index (κ2) is 8.69. The molecule has 0 saturated carbocycles. The molecular weight excluding hydrogens is 306 g/mol. The van der Waals surface area contributed by atoms with Crippen molar-refractivity contribution in [3.63, 3.8) is 0 Å². The van der Waals surface area contributed by atoms with Crippen molar-refractivity contribution in [1.29, 1.82) is 0 Å². The average Bonchev–Trinajstić information content (AvgIpc) is 2.61. The Morgan fingerprint density at radius 2 is 1.67 bits per heavy atom. The van der Waals surface area contributed by atoms with E-state index in [0.717, 1.165) is 0 Å². The molecule has 0 atom stereocenters. The number of anilines is 3. The van der Waals surface area contributed by atoms with Gasteiger partial charge in [-0.25, -0.2) is 0 Å². The van der Waals surface area contributed by atoms with Gasteiger partial charge in [-0.2, -0.15) is 0 Å². The van der Waals surface area contributed by atoms with Gasteiger partial charge in [0.05, 0.1) is 0 Å². The van der Waals surface area contributed by atoms with Gasteiger partial charge < -0.3 is 15.8 Å². The number of nitrogen functional groups attached to an aromatic ring is 1. The van der Waals surface area contributed by atoms with Crippen molar-refractivity contribution in [2.24, 2.45) is 0 Å². The lowest BCUT2D eigenvalue weighted by Crippen LogP contribution is -2.41. The van der Waals surface area contributed by atoms with E-state index in [9.17, 15) is 9.59 Å². The lowest BCUT2D eigenvalue weighted by Gasteiger charge is -2.22. The number of ether oxygens (including phenoxy) is 1. The summed E-state index contributed by atoms with van der Waals surface area (Å²) in [6.45, 7) is 0.900. The Hall–Kier alpha value is -2.86. The third-order valence-electron chi connectivity index (χ3n) is 3.37. The summed E-state index contributed by atoms with van der Waals surface area (Å²) in [6.07, 6.45) is 0.642. The molecule has 2 aromatic rings. The number of carbonyl (C=O) groups excluding carboxylic acids is 2. The van der Waals surface area contributed by atoms with Crippen molar-refractivity contribution in [3.05, 3.63) is 54.6 Å². The summed E-state index contributed by atoms with van der Waals surface area (Å²) in [6, 6.07) is 15.8.